The van der Waals surface area contributed by atoms with E-state index in [2.05, 4.69) is 20.8 Å². The molecule has 0 bridgehead atoms. The second-order valence-electron chi connectivity index (χ2n) is 4.31. The first-order chi connectivity index (χ1) is 9.72. The molecule has 0 fully saturated rings. The summed E-state index contributed by atoms with van der Waals surface area (Å²) in [5.41, 5.74) is 1.39. The minimum absolute atomic E-state index is 0.113. The average molecular weight is 275 g/mol. The molecular weight excluding hydrogens is 258 g/mol. The maximum atomic E-state index is 12.0. The van der Waals surface area contributed by atoms with Crippen LogP contribution < -0.4 is 5.32 Å². The van der Waals surface area contributed by atoms with Crippen LogP contribution in [0.25, 0.3) is 11.4 Å². The molecule has 0 aliphatic heterocycles. The van der Waals surface area contributed by atoms with Crippen LogP contribution in [0.15, 0.2) is 24.3 Å². The molecule has 1 heterocycles. The number of aromatic nitrogens is 4. The van der Waals surface area contributed by atoms with Crippen molar-refractivity contribution in [3.63, 3.8) is 0 Å². The van der Waals surface area contributed by atoms with Crippen LogP contribution in [0.3, 0.4) is 0 Å². The van der Waals surface area contributed by atoms with Gasteiger partial charge < -0.3 is 10.1 Å². The van der Waals surface area contributed by atoms with Crippen LogP contribution in [0.1, 0.15) is 16.8 Å². The molecule has 0 radical (unpaired) electrons. The highest BCUT2D eigenvalue weighted by Crippen LogP contribution is 2.16. The summed E-state index contributed by atoms with van der Waals surface area (Å²) in [5, 5.41) is 14.1. The number of nitrogens with zero attached hydrogens (tertiary/aromatic N) is 4. The lowest BCUT2D eigenvalue weighted by molar-refractivity contribution is 0.0948. The summed E-state index contributed by atoms with van der Waals surface area (Å²) < 4.78 is 6.50. The van der Waals surface area contributed by atoms with E-state index in [1.54, 1.807) is 31.0 Å². The fourth-order valence-corrected chi connectivity index (χ4v) is 1.79. The van der Waals surface area contributed by atoms with Gasteiger partial charge in [-0.25, -0.2) is 4.68 Å². The highest BCUT2D eigenvalue weighted by molar-refractivity contribution is 5.95. The SMILES string of the molecule is COCCCNC(=O)c1cccc(-c2nnnn2C)c1. The molecule has 0 spiro atoms. The van der Waals surface area contributed by atoms with Crippen LogP contribution in [0, 0.1) is 0 Å². The third-order valence-corrected chi connectivity index (χ3v) is 2.81. The molecule has 0 unspecified atom stereocenters. The number of rotatable bonds is 6. The molecule has 1 aromatic heterocycles. The third-order valence-electron chi connectivity index (χ3n) is 2.81. The average Bonchev–Trinajstić information content (AvgIpc) is 2.90. The van der Waals surface area contributed by atoms with Crippen molar-refractivity contribution in [1.29, 1.82) is 0 Å². The summed E-state index contributed by atoms with van der Waals surface area (Å²) in [6, 6.07) is 7.22. The molecule has 20 heavy (non-hydrogen) atoms. The van der Waals surface area contributed by atoms with Gasteiger partial charge in [-0.15, -0.1) is 5.10 Å². The molecule has 1 amide bonds. The molecule has 0 saturated carbocycles. The Balaban J connectivity index is 2.06. The van der Waals surface area contributed by atoms with Crippen LogP contribution in [0.5, 0.6) is 0 Å². The first kappa shape index (κ1) is 14.1. The zero-order valence-corrected chi connectivity index (χ0v) is 11.5. The Labute approximate surface area is 116 Å². The van der Waals surface area contributed by atoms with Crippen molar-refractivity contribution < 1.29 is 9.53 Å². The summed E-state index contributed by atoms with van der Waals surface area (Å²) in [6.45, 7) is 1.22. The van der Waals surface area contributed by atoms with Gasteiger partial charge in [0.15, 0.2) is 5.82 Å². The molecular formula is C13H17N5O2. The van der Waals surface area contributed by atoms with Crippen LogP contribution >= 0.6 is 0 Å². The van der Waals surface area contributed by atoms with Gasteiger partial charge in [0.25, 0.3) is 5.91 Å². The summed E-state index contributed by atoms with van der Waals surface area (Å²) in [6.07, 6.45) is 0.787. The number of methoxy groups -OCH3 is 1. The van der Waals surface area contributed by atoms with Gasteiger partial charge >= 0.3 is 0 Å². The highest BCUT2D eigenvalue weighted by Gasteiger charge is 2.10. The number of carbonyl (C=O) groups is 1. The molecule has 1 N–H and O–H groups in total. The standard InChI is InChI=1S/C13H17N5O2/c1-18-12(15-16-17-18)10-5-3-6-11(9-10)13(19)14-7-4-8-20-2/h3,5-6,9H,4,7-8H2,1-2H3,(H,14,19). The Morgan fingerprint density at radius 2 is 2.30 bits per heavy atom. The Kier molecular flexibility index (Phi) is 4.78. The van der Waals surface area contributed by atoms with E-state index in [1.165, 1.54) is 0 Å². The van der Waals surface area contributed by atoms with Crippen molar-refractivity contribution in [2.24, 2.45) is 7.05 Å². The molecule has 2 rings (SSSR count). The number of hydrogen-bond acceptors (Lipinski definition) is 5. The van der Waals surface area contributed by atoms with E-state index in [0.717, 1.165) is 12.0 Å². The van der Waals surface area contributed by atoms with Gasteiger partial charge in [0, 0.05) is 38.4 Å². The van der Waals surface area contributed by atoms with Gasteiger partial charge in [0.1, 0.15) is 0 Å². The van der Waals surface area contributed by atoms with Crippen molar-refractivity contribution in [2.45, 2.75) is 6.42 Å². The van der Waals surface area contributed by atoms with E-state index in [-0.39, 0.29) is 5.91 Å². The largest absolute Gasteiger partial charge is 0.385 e. The van der Waals surface area contributed by atoms with Crippen molar-refractivity contribution in [3.8, 4) is 11.4 Å². The summed E-state index contributed by atoms with van der Waals surface area (Å²) >= 11 is 0. The van der Waals surface area contributed by atoms with Crippen LogP contribution in [-0.2, 0) is 11.8 Å². The van der Waals surface area contributed by atoms with E-state index in [0.29, 0.717) is 24.5 Å². The normalized spacial score (nSPS) is 10.5. The summed E-state index contributed by atoms with van der Waals surface area (Å²) in [4.78, 5) is 12.0. The lowest BCUT2D eigenvalue weighted by Crippen LogP contribution is -2.25. The predicted octanol–water partition coefficient (Wildman–Crippen LogP) is 0.643. The van der Waals surface area contributed by atoms with Gasteiger partial charge in [-0.3, -0.25) is 4.79 Å². The Hall–Kier alpha value is -2.28. The van der Waals surface area contributed by atoms with E-state index >= 15 is 0 Å². The first-order valence-corrected chi connectivity index (χ1v) is 6.32. The van der Waals surface area contributed by atoms with Gasteiger partial charge in [0.05, 0.1) is 0 Å². The smallest absolute Gasteiger partial charge is 0.251 e. The second kappa shape index (κ2) is 6.76. The number of amides is 1. The molecule has 0 atom stereocenters. The Morgan fingerprint density at radius 3 is 3.00 bits per heavy atom. The topological polar surface area (TPSA) is 81.9 Å². The van der Waals surface area contributed by atoms with Crippen molar-refractivity contribution >= 4 is 5.91 Å². The predicted molar refractivity (Wildman–Crippen MR) is 73.1 cm³/mol. The fraction of sp³-hybridized carbons (Fsp3) is 0.385. The molecule has 0 saturated heterocycles. The number of tetrazole rings is 1. The van der Waals surface area contributed by atoms with E-state index in [9.17, 15) is 4.79 Å². The van der Waals surface area contributed by atoms with Gasteiger partial charge in [0.2, 0.25) is 0 Å². The Bertz CT molecular complexity index is 582. The first-order valence-electron chi connectivity index (χ1n) is 6.32. The quantitative estimate of drug-likeness (QED) is 0.782. The van der Waals surface area contributed by atoms with Gasteiger partial charge in [-0.05, 0) is 29.0 Å². The lowest BCUT2D eigenvalue weighted by Gasteiger charge is -2.06. The Morgan fingerprint density at radius 1 is 1.45 bits per heavy atom. The molecule has 0 aliphatic carbocycles. The molecule has 2 aromatic rings. The maximum absolute atomic E-state index is 12.0. The van der Waals surface area contributed by atoms with Crippen LogP contribution in [0.2, 0.25) is 0 Å². The molecule has 106 valence electrons. The van der Waals surface area contributed by atoms with E-state index in [4.69, 9.17) is 4.74 Å². The number of nitrogens with one attached hydrogen (secondary N) is 1. The number of hydrogen-bond donors (Lipinski definition) is 1. The zero-order chi connectivity index (χ0) is 14.4. The van der Waals surface area contributed by atoms with E-state index in [1.807, 2.05) is 12.1 Å². The van der Waals surface area contributed by atoms with Gasteiger partial charge in [-0.2, -0.15) is 0 Å². The van der Waals surface area contributed by atoms with Crippen LogP contribution in [-0.4, -0.2) is 46.4 Å². The molecule has 0 aliphatic rings. The van der Waals surface area contributed by atoms with Crippen molar-refractivity contribution in [3.05, 3.63) is 29.8 Å². The minimum atomic E-state index is -0.113. The monoisotopic (exact) mass is 275 g/mol. The summed E-state index contributed by atoms with van der Waals surface area (Å²) in [5.74, 6) is 0.511. The fourth-order valence-electron chi connectivity index (χ4n) is 1.79. The molecule has 7 nitrogen and oxygen atoms in total. The number of aryl methyl sites for hydroxylation is 1. The van der Waals surface area contributed by atoms with Gasteiger partial charge in [-0.1, -0.05) is 12.1 Å². The van der Waals surface area contributed by atoms with Crippen molar-refractivity contribution in [2.75, 3.05) is 20.3 Å². The lowest BCUT2D eigenvalue weighted by atomic mass is 10.1. The summed E-state index contributed by atoms with van der Waals surface area (Å²) in [7, 11) is 3.40. The second-order valence-corrected chi connectivity index (χ2v) is 4.31. The van der Waals surface area contributed by atoms with E-state index < -0.39 is 0 Å². The number of ether oxygens (including phenoxy) is 1. The molecule has 7 heteroatoms. The number of benzene rings is 1. The van der Waals surface area contributed by atoms with Crippen molar-refractivity contribution in [1.82, 2.24) is 25.5 Å². The van der Waals surface area contributed by atoms with Crippen LogP contribution in [0.4, 0.5) is 0 Å². The number of carbonyl (C=O) groups excluding carboxylic acids is 1. The molecule has 1 aromatic carbocycles. The minimum Gasteiger partial charge on any atom is -0.385 e. The zero-order valence-electron chi connectivity index (χ0n) is 11.5. The third kappa shape index (κ3) is 3.39. The maximum Gasteiger partial charge on any atom is 0.251 e. The highest BCUT2D eigenvalue weighted by atomic mass is 16.5.